The third-order valence-corrected chi connectivity index (χ3v) is 4.84. The van der Waals surface area contributed by atoms with Gasteiger partial charge >= 0.3 is 0 Å². The van der Waals surface area contributed by atoms with Crippen LogP contribution in [0.15, 0.2) is 71.9 Å². The highest BCUT2D eigenvalue weighted by Gasteiger charge is 2.24. The monoisotopic (exact) mass is 267 g/mol. The average molecular weight is 267 g/mol. The Morgan fingerprint density at radius 3 is 2.68 bits per heavy atom. The van der Waals surface area contributed by atoms with Crippen LogP contribution in [-0.4, -0.2) is 11.6 Å². The van der Waals surface area contributed by atoms with Crippen LogP contribution in [-0.2, 0) is 4.79 Å². The number of nitrogens with two attached hydrogens (primary N) is 1. The highest BCUT2D eigenvalue weighted by molar-refractivity contribution is 7.52. The molecule has 0 radical (unpaired) electrons. The molecule has 0 spiro atoms. The molecule has 1 amide bonds. The van der Waals surface area contributed by atoms with Crippen molar-refractivity contribution in [1.82, 2.24) is 0 Å². The quantitative estimate of drug-likeness (QED) is 0.822. The largest absolute Gasteiger partial charge is 0.366 e. The molecule has 19 heavy (non-hydrogen) atoms. The summed E-state index contributed by atoms with van der Waals surface area (Å²) in [7, 11) is 0.636. The molecule has 2 atom stereocenters. The van der Waals surface area contributed by atoms with Gasteiger partial charge in [-0.15, -0.1) is 0 Å². The van der Waals surface area contributed by atoms with Crippen molar-refractivity contribution in [3.05, 3.63) is 77.4 Å². The van der Waals surface area contributed by atoms with E-state index in [1.165, 1.54) is 10.9 Å². The van der Waals surface area contributed by atoms with Crippen molar-refractivity contribution in [2.75, 3.05) is 0 Å². The van der Waals surface area contributed by atoms with E-state index in [1.54, 1.807) is 0 Å². The van der Waals surface area contributed by atoms with Crippen LogP contribution in [0.4, 0.5) is 0 Å². The van der Waals surface area contributed by atoms with Crippen molar-refractivity contribution >= 4 is 19.8 Å². The predicted octanol–water partition coefficient (Wildman–Crippen LogP) is 3.00. The average Bonchev–Trinajstić information content (AvgIpc) is 2.47. The maximum Gasteiger partial charge on any atom is 0.249 e. The number of carbonyl (C=O) groups excluding carboxylic acids is 1. The second kappa shape index (κ2) is 4.99. The van der Waals surface area contributed by atoms with E-state index >= 15 is 0 Å². The normalized spacial score (nSPS) is 22.3. The van der Waals surface area contributed by atoms with Gasteiger partial charge in [0.25, 0.3) is 0 Å². The van der Waals surface area contributed by atoms with Crippen LogP contribution < -0.4 is 5.73 Å². The number of amides is 1. The zero-order valence-corrected chi connectivity index (χ0v) is 11.3. The van der Waals surface area contributed by atoms with Crippen LogP contribution >= 0.6 is 8.58 Å². The van der Waals surface area contributed by atoms with E-state index in [2.05, 4.69) is 18.2 Å². The molecular formula is C16H14NOP. The number of benzene rings is 1. The lowest BCUT2D eigenvalue weighted by atomic mass is 9.98. The van der Waals surface area contributed by atoms with Gasteiger partial charge in [0.2, 0.25) is 5.91 Å². The molecule has 0 bridgehead atoms. The topological polar surface area (TPSA) is 43.1 Å². The lowest BCUT2D eigenvalue weighted by Gasteiger charge is -2.25. The fraction of sp³-hybridized carbons (Fsp3) is 0.0625. The van der Waals surface area contributed by atoms with Gasteiger partial charge in [-0.25, -0.2) is 0 Å². The molecule has 2 nitrogen and oxygen atoms in total. The Kier molecular flexibility index (Phi) is 3.18. The molecule has 3 rings (SSSR count). The van der Waals surface area contributed by atoms with Crippen molar-refractivity contribution in [3.63, 3.8) is 0 Å². The minimum absolute atomic E-state index is 0.285. The summed E-state index contributed by atoms with van der Waals surface area (Å²) in [5, 5.41) is 1.20. The molecule has 0 saturated carbocycles. The maximum absolute atomic E-state index is 11.7. The standard InChI is InChI=1S/C16H14NOP/c17-16(18)13-10-15(11-6-2-1-3-7-11)19-14-9-5-4-8-12(13)14/h1-10,14,19H,(H2,17,18). The van der Waals surface area contributed by atoms with Crippen LogP contribution in [0.3, 0.4) is 0 Å². The van der Waals surface area contributed by atoms with Crippen LogP contribution in [0.5, 0.6) is 0 Å². The van der Waals surface area contributed by atoms with Gasteiger partial charge in [-0.1, -0.05) is 63.2 Å². The van der Waals surface area contributed by atoms with Crippen molar-refractivity contribution in [2.24, 2.45) is 5.73 Å². The molecule has 3 heteroatoms. The van der Waals surface area contributed by atoms with E-state index in [1.807, 2.05) is 42.5 Å². The molecule has 94 valence electrons. The summed E-state index contributed by atoms with van der Waals surface area (Å²) in [5.41, 5.74) is 8.66. The van der Waals surface area contributed by atoms with Gasteiger partial charge in [-0.3, -0.25) is 4.79 Å². The molecule has 0 saturated heterocycles. The van der Waals surface area contributed by atoms with Crippen LogP contribution in [0.2, 0.25) is 0 Å². The summed E-state index contributed by atoms with van der Waals surface area (Å²) in [6.07, 6.45) is 10.1. The molecule has 2 N–H and O–H groups in total. The lowest BCUT2D eigenvalue weighted by molar-refractivity contribution is -0.114. The Balaban J connectivity index is 2.10. The summed E-state index contributed by atoms with van der Waals surface area (Å²) >= 11 is 0. The minimum Gasteiger partial charge on any atom is -0.366 e. The lowest BCUT2D eigenvalue weighted by Crippen LogP contribution is -2.20. The molecule has 1 aromatic carbocycles. The van der Waals surface area contributed by atoms with Crippen molar-refractivity contribution in [1.29, 1.82) is 0 Å². The Bertz CT molecular complexity index is 638. The van der Waals surface area contributed by atoms with Crippen molar-refractivity contribution in [3.8, 4) is 0 Å². The molecule has 2 unspecified atom stereocenters. The first kappa shape index (κ1) is 12.1. The van der Waals surface area contributed by atoms with E-state index in [-0.39, 0.29) is 11.6 Å². The number of hydrogen-bond acceptors (Lipinski definition) is 1. The molecule has 0 aromatic heterocycles. The highest BCUT2D eigenvalue weighted by atomic mass is 31.1. The fourth-order valence-electron chi connectivity index (χ4n) is 2.36. The van der Waals surface area contributed by atoms with Gasteiger partial charge in [0, 0.05) is 11.2 Å². The van der Waals surface area contributed by atoms with Gasteiger partial charge in [-0.05, 0) is 22.5 Å². The Labute approximate surface area is 114 Å². The number of allylic oxidation sites excluding steroid dienone is 5. The first-order valence-corrected chi connectivity index (χ1v) is 7.26. The molecule has 1 aliphatic heterocycles. The number of carbonyl (C=O) groups is 1. The van der Waals surface area contributed by atoms with E-state index in [9.17, 15) is 4.79 Å². The van der Waals surface area contributed by atoms with E-state index in [4.69, 9.17) is 5.73 Å². The number of fused-ring (bicyclic) bond motifs is 1. The fourth-order valence-corrected chi connectivity index (χ4v) is 3.87. The predicted molar refractivity (Wildman–Crippen MR) is 81.0 cm³/mol. The number of primary amides is 1. The van der Waals surface area contributed by atoms with Gasteiger partial charge in [-0.2, -0.15) is 0 Å². The van der Waals surface area contributed by atoms with Gasteiger partial charge in [0.15, 0.2) is 0 Å². The summed E-state index contributed by atoms with van der Waals surface area (Å²) in [6.45, 7) is 0. The summed E-state index contributed by atoms with van der Waals surface area (Å²) in [5.74, 6) is -0.349. The van der Waals surface area contributed by atoms with E-state index in [0.717, 1.165) is 5.57 Å². The molecule has 1 heterocycles. The smallest absolute Gasteiger partial charge is 0.249 e. The summed E-state index contributed by atoms with van der Waals surface area (Å²) < 4.78 is 0. The van der Waals surface area contributed by atoms with Crippen LogP contribution in [0.25, 0.3) is 5.31 Å². The molecule has 1 aromatic rings. The zero-order chi connectivity index (χ0) is 13.2. The second-order valence-corrected chi connectivity index (χ2v) is 5.97. The van der Waals surface area contributed by atoms with Crippen LogP contribution in [0, 0.1) is 0 Å². The van der Waals surface area contributed by atoms with Gasteiger partial charge in [0.1, 0.15) is 0 Å². The first-order valence-electron chi connectivity index (χ1n) is 6.18. The molecule has 2 aliphatic rings. The summed E-state index contributed by atoms with van der Waals surface area (Å²) in [4.78, 5) is 11.7. The van der Waals surface area contributed by atoms with Crippen LogP contribution in [0.1, 0.15) is 5.56 Å². The third kappa shape index (κ3) is 2.32. The van der Waals surface area contributed by atoms with E-state index < -0.39 is 0 Å². The molecule has 0 fully saturated rings. The van der Waals surface area contributed by atoms with Crippen molar-refractivity contribution in [2.45, 2.75) is 5.66 Å². The summed E-state index contributed by atoms with van der Waals surface area (Å²) in [6, 6.07) is 10.2. The Morgan fingerprint density at radius 1 is 1.16 bits per heavy atom. The minimum atomic E-state index is -0.349. The number of rotatable bonds is 2. The van der Waals surface area contributed by atoms with Gasteiger partial charge < -0.3 is 5.73 Å². The molecule has 1 aliphatic carbocycles. The number of hydrogen-bond donors (Lipinski definition) is 1. The first-order chi connectivity index (χ1) is 9.25. The second-order valence-electron chi connectivity index (χ2n) is 4.52. The Hall–Kier alpha value is -1.92. The zero-order valence-electron chi connectivity index (χ0n) is 10.3. The third-order valence-electron chi connectivity index (χ3n) is 3.29. The SMILES string of the molecule is NC(=O)C1=C2C=CC=CC2PC(c2ccccc2)=C1. The van der Waals surface area contributed by atoms with Gasteiger partial charge in [0.05, 0.1) is 0 Å². The molecular weight excluding hydrogens is 253 g/mol. The highest BCUT2D eigenvalue weighted by Crippen LogP contribution is 2.47. The van der Waals surface area contributed by atoms with E-state index in [0.29, 0.717) is 14.2 Å². The van der Waals surface area contributed by atoms with Crippen molar-refractivity contribution < 1.29 is 4.79 Å². The maximum atomic E-state index is 11.7. The Morgan fingerprint density at radius 2 is 1.95 bits per heavy atom.